The summed E-state index contributed by atoms with van der Waals surface area (Å²) in [5.74, 6) is -0.334. The van der Waals surface area contributed by atoms with Crippen LogP contribution in [0.5, 0.6) is 0 Å². The molecule has 4 heteroatoms. The zero-order valence-corrected chi connectivity index (χ0v) is 7.62. The normalized spacial score (nSPS) is 9.92. The Kier molecular flexibility index (Phi) is 2.60. The first-order chi connectivity index (χ1) is 5.52. The van der Waals surface area contributed by atoms with Crippen molar-refractivity contribution in [1.29, 1.82) is 0 Å². The molecule has 0 aromatic heterocycles. The Morgan fingerprint density at radius 1 is 1.33 bits per heavy atom. The molecular formula is C8H6Cl2NO. The highest BCUT2D eigenvalue weighted by Crippen LogP contribution is 2.28. The third-order valence-electron chi connectivity index (χ3n) is 1.40. The predicted octanol–water partition coefficient (Wildman–Crippen LogP) is 2.59. The molecule has 63 valence electrons. The number of nitrogen functional groups attached to an aromatic ring is 1. The van der Waals surface area contributed by atoms with Crippen LogP contribution in [0, 0.1) is 6.92 Å². The third kappa shape index (κ3) is 1.71. The zero-order valence-electron chi connectivity index (χ0n) is 6.10. The van der Waals surface area contributed by atoms with E-state index in [9.17, 15) is 4.79 Å². The van der Waals surface area contributed by atoms with Crippen LogP contribution in [0.15, 0.2) is 12.1 Å². The number of hydrogen-bond donors (Lipinski definition) is 1. The van der Waals surface area contributed by atoms with Crippen molar-refractivity contribution in [3.63, 3.8) is 0 Å². The van der Waals surface area contributed by atoms with Crippen LogP contribution in [0.2, 0.25) is 10.0 Å². The molecule has 12 heavy (non-hydrogen) atoms. The summed E-state index contributed by atoms with van der Waals surface area (Å²) < 4.78 is 0. The van der Waals surface area contributed by atoms with Crippen LogP contribution in [-0.4, -0.2) is 5.78 Å². The molecule has 0 atom stereocenters. The summed E-state index contributed by atoms with van der Waals surface area (Å²) >= 11 is 11.3. The standard InChI is InChI=1S/C8H6Cl2NO/c1-4(12)5-2-6(9)8(11)7(10)3-5/h2-3H,1,11H2. The van der Waals surface area contributed by atoms with Crippen molar-refractivity contribution in [1.82, 2.24) is 0 Å². The monoisotopic (exact) mass is 202 g/mol. The highest BCUT2D eigenvalue weighted by Gasteiger charge is 2.07. The molecule has 0 bridgehead atoms. The van der Waals surface area contributed by atoms with Gasteiger partial charge < -0.3 is 5.73 Å². The molecule has 0 spiro atoms. The van der Waals surface area contributed by atoms with Crippen LogP contribution in [0.3, 0.4) is 0 Å². The summed E-state index contributed by atoms with van der Waals surface area (Å²) in [5.41, 5.74) is 6.10. The van der Waals surface area contributed by atoms with Crippen LogP contribution < -0.4 is 5.73 Å². The Hall–Kier alpha value is -0.730. The van der Waals surface area contributed by atoms with Crippen LogP contribution in [0.1, 0.15) is 10.4 Å². The second-order valence-electron chi connectivity index (χ2n) is 2.28. The number of rotatable bonds is 1. The van der Waals surface area contributed by atoms with E-state index in [4.69, 9.17) is 28.9 Å². The lowest BCUT2D eigenvalue weighted by molar-refractivity contribution is 0.104. The van der Waals surface area contributed by atoms with Gasteiger partial charge in [0.1, 0.15) is 0 Å². The van der Waals surface area contributed by atoms with E-state index < -0.39 is 0 Å². The number of halogens is 2. The fourth-order valence-electron chi connectivity index (χ4n) is 0.745. The van der Waals surface area contributed by atoms with Gasteiger partial charge in [-0.05, 0) is 12.1 Å². The number of hydrogen-bond acceptors (Lipinski definition) is 2. The molecule has 0 aliphatic carbocycles. The molecule has 1 aromatic carbocycles. The summed E-state index contributed by atoms with van der Waals surface area (Å²) in [4.78, 5) is 10.8. The lowest BCUT2D eigenvalue weighted by Gasteiger charge is -2.02. The average molecular weight is 203 g/mol. The van der Waals surface area contributed by atoms with Crippen molar-refractivity contribution >= 4 is 34.7 Å². The molecule has 0 aliphatic rings. The van der Waals surface area contributed by atoms with Gasteiger partial charge in [-0.1, -0.05) is 23.2 Å². The summed E-state index contributed by atoms with van der Waals surface area (Å²) in [6.45, 7) is 3.22. The van der Waals surface area contributed by atoms with Crippen LogP contribution in [-0.2, 0) is 0 Å². The largest absolute Gasteiger partial charge is 0.396 e. The molecule has 1 radical (unpaired) electrons. The molecule has 0 saturated heterocycles. The van der Waals surface area contributed by atoms with Crippen molar-refractivity contribution in [3.05, 3.63) is 34.7 Å². The van der Waals surface area contributed by atoms with E-state index in [1.807, 2.05) is 0 Å². The fraction of sp³-hybridized carbons (Fsp3) is 0. The highest BCUT2D eigenvalue weighted by molar-refractivity contribution is 6.39. The van der Waals surface area contributed by atoms with Gasteiger partial charge in [-0.2, -0.15) is 0 Å². The summed E-state index contributed by atoms with van der Waals surface area (Å²) in [5, 5.41) is 0.545. The number of nitrogens with two attached hydrogens (primary N) is 1. The van der Waals surface area contributed by atoms with Crippen molar-refractivity contribution in [2.75, 3.05) is 5.73 Å². The van der Waals surface area contributed by atoms with Gasteiger partial charge in [0.25, 0.3) is 0 Å². The maximum atomic E-state index is 10.8. The minimum atomic E-state index is -0.334. The van der Waals surface area contributed by atoms with Gasteiger partial charge in [-0.3, -0.25) is 4.79 Å². The molecule has 0 saturated carbocycles. The van der Waals surface area contributed by atoms with E-state index in [1.165, 1.54) is 12.1 Å². The van der Waals surface area contributed by atoms with Crippen LogP contribution >= 0.6 is 23.2 Å². The topological polar surface area (TPSA) is 43.1 Å². The quantitative estimate of drug-likeness (QED) is 0.563. The Labute approximate surface area is 80.3 Å². The molecular weight excluding hydrogens is 197 g/mol. The third-order valence-corrected chi connectivity index (χ3v) is 2.03. The minimum absolute atomic E-state index is 0.273. The van der Waals surface area contributed by atoms with Gasteiger partial charge >= 0.3 is 0 Å². The van der Waals surface area contributed by atoms with E-state index in [0.29, 0.717) is 5.56 Å². The average Bonchev–Trinajstić information content (AvgIpc) is 1.99. The molecule has 0 heterocycles. The van der Waals surface area contributed by atoms with Gasteiger partial charge in [0.15, 0.2) is 5.78 Å². The van der Waals surface area contributed by atoms with Crippen molar-refractivity contribution in [3.8, 4) is 0 Å². The summed E-state index contributed by atoms with van der Waals surface area (Å²) in [6, 6.07) is 2.89. The van der Waals surface area contributed by atoms with Crippen molar-refractivity contribution < 1.29 is 4.79 Å². The molecule has 0 aliphatic heterocycles. The van der Waals surface area contributed by atoms with E-state index in [0.717, 1.165) is 0 Å². The number of carbonyl (C=O) groups is 1. The number of ketones is 1. The van der Waals surface area contributed by atoms with Gasteiger partial charge in [-0.15, -0.1) is 0 Å². The number of anilines is 1. The second-order valence-corrected chi connectivity index (χ2v) is 3.09. The SMILES string of the molecule is [CH2]C(=O)c1cc(Cl)c(N)c(Cl)c1. The van der Waals surface area contributed by atoms with Gasteiger partial charge in [0.05, 0.1) is 15.7 Å². The Bertz CT molecular complexity index is 313. The molecule has 1 rings (SSSR count). The van der Waals surface area contributed by atoms with Crippen molar-refractivity contribution in [2.24, 2.45) is 0 Å². The molecule has 2 N–H and O–H groups in total. The predicted molar refractivity (Wildman–Crippen MR) is 50.6 cm³/mol. The summed E-state index contributed by atoms with van der Waals surface area (Å²) in [6.07, 6.45) is 0. The second kappa shape index (κ2) is 3.33. The highest BCUT2D eigenvalue weighted by atomic mass is 35.5. The van der Waals surface area contributed by atoms with Gasteiger partial charge in [-0.25, -0.2) is 0 Å². The molecule has 0 unspecified atom stereocenters. The molecule has 0 amide bonds. The van der Waals surface area contributed by atoms with Crippen molar-refractivity contribution in [2.45, 2.75) is 0 Å². The first-order valence-electron chi connectivity index (χ1n) is 3.13. The first kappa shape index (κ1) is 9.36. The molecule has 1 aromatic rings. The smallest absolute Gasteiger partial charge is 0.163 e. The van der Waals surface area contributed by atoms with Crippen LogP contribution in [0.25, 0.3) is 0 Å². The van der Waals surface area contributed by atoms with E-state index >= 15 is 0 Å². The fourth-order valence-corrected chi connectivity index (χ4v) is 1.23. The Morgan fingerprint density at radius 3 is 2.08 bits per heavy atom. The first-order valence-corrected chi connectivity index (χ1v) is 3.88. The zero-order chi connectivity index (χ0) is 9.30. The van der Waals surface area contributed by atoms with Crippen LogP contribution in [0.4, 0.5) is 5.69 Å². The lowest BCUT2D eigenvalue weighted by Crippen LogP contribution is -1.95. The molecule has 0 fully saturated rings. The van der Waals surface area contributed by atoms with E-state index in [2.05, 4.69) is 6.92 Å². The molecule has 2 nitrogen and oxygen atoms in total. The lowest BCUT2D eigenvalue weighted by atomic mass is 10.1. The van der Waals surface area contributed by atoms with E-state index in [-0.39, 0.29) is 21.5 Å². The number of benzene rings is 1. The maximum absolute atomic E-state index is 10.8. The van der Waals surface area contributed by atoms with Gasteiger partial charge in [0.2, 0.25) is 0 Å². The maximum Gasteiger partial charge on any atom is 0.163 e. The number of Topliss-reactive ketones (excluding diaryl/α,β-unsaturated/α-hetero) is 1. The van der Waals surface area contributed by atoms with Gasteiger partial charge in [0, 0.05) is 12.5 Å². The van der Waals surface area contributed by atoms with E-state index in [1.54, 1.807) is 0 Å². The Morgan fingerprint density at radius 2 is 1.75 bits per heavy atom. The Balaban J connectivity index is 3.31. The minimum Gasteiger partial charge on any atom is -0.396 e. The summed E-state index contributed by atoms with van der Waals surface area (Å²) in [7, 11) is 0. The number of carbonyl (C=O) groups excluding carboxylic acids is 1.